The first-order chi connectivity index (χ1) is 11.4. The van der Waals surface area contributed by atoms with Gasteiger partial charge in [-0.1, -0.05) is 29.8 Å². The maximum Gasteiger partial charge on any atom is 0.260 e. The summed E-state index contributed by atoms with van der Waals surface area (Å²) < 4.78 is 10.9. The van der Waals surface area contributed by atoms with E-state index in [1.54, 1.807) is 19.1 Å². The molecule has 0 aromatic heterocycles. The molecule has 0 atom stereocenters. The smallest absolute Gasteiger partial charge is 0.260 e. The molecule has 0 unspecified atom stereocenters. The van der Waals surface area contributed by atoms with E-state index in [-0.39, 0.29) is 12.5 Å². The van der Waals surface area contributed by atoms with E-state index < -0.39 is 0 Å². The van der Waals surface area contributed by atoms with Crippen molar-refractivity contribution in [1.82, 2.24) is 4.90 Å². The zero-order valence-electron chi connectivity index (χ0n) is 14.4. The van der Waals surface area contributed by atoms with Crippen molar-refractivity contribution in [3.05, 3.63) is 58.1 Å². The molecule has 2 aromatic carbocycles. The Balaban J connectivity index is 1.97. The van der Waals surface area contributed by atoms with Gasteiger partial charge in [0.15, 0.2) is 6.61 Å². The van der Waals surface area contributed by atoms with Gasteiger partial charge in [0.25, 0.3) is 5.91 Å². The van der Waals surface area contributed by atoms with Crippen LogP contribution in [-0.2, 0) is 11.3 Å². The summed E-state index contributed by atoms with van der Waals surface area (Å²) in [6.45, 7) is 4.27. The third-order valence-corrected chi connectivity index (χ3v) is 4.39. The molecule has 0 aliphatic rings. The molecule has 0 aliphatic carbocycles. The molecule has 1 amide bonds. The van der Waals surface area contributed by atoms with E-state index in [1.165, 1.54) is 0 Å². The van der Waals surface area contributed by atoms with Gasteiger partial charge in [0.2, 0.25) is 0 Å². The number of para-hydroxylation sites is 1. The number of benzene rings is 2. The number of carbonyl (C=O) groups is 1. The Morgan fingerprint density at radius 1 is 1.17 bits per heavy atom. The number of hydrogen-bond acceptors (Lipinski definition) is 3. The lowest BCUT2D eigenvalue weighted by molar-refractivity contribution is -0.132. The highest BCUT2D eigenvalue weighted by atomic mass is 35.5. The van der Waals surface area contributed by atoms with E-state index in [0.29, 0.717) is 12.3 Å². The van der Waals surface area contributed by atoms with Crippen LogP contribution < -0.4 is 9.47 Å². The SMILES string of the molecule is COc1ccccc1CN(C)C(=O)COc1cc(C)c(Cl)c(C)c1. The maximum absolute atomic E-state index is 12.3. The van der Waals surface area contributed by atoms with Gasteiger partial charge in [0.05, 0.1) is 7.11 Å². The number of aryl methyl sites for hydroxylation is 2. The maximum atomic E-state index is 12.3. The topological polar surface area (TPSA) is 38.8 Å². The number of halogens is 1. The van der Waals surface area contributed by atoms with Crippen LogP contribution in [0.4, 0.5) is 0 Å². The normalized spacial score (nSPS) is 10.4. The summed E-state index contributed by atoms with van der Waals surface area (Å²) in [5.74, 6) is 1.31. The van der Waals surface area contributed by atoms with E-state index >= 15 is 0 Å². The van der Waals surface area contributed by atoms with Crippen molar-refractivity contribution in [3.8, 4) is 11.5 Å². The van der Waals surface area contributed by atoms with Crippen molar-refractivity contribution in [2.75, 3.05) is 20.8 Å². The first kappa shape index (κ1) is 18.1. The zero-order valence-corrected chi connectivity index (χ0v) is 15.2. The van der Waals surface area contributed by atoms with Crippen LogP contribution >= 0.6 is 11.6 Å². The molecule has 2 aromatic rings. The first-order valence-electron chi connectivity index (χ1n) is 7.67. The van der Waals surface area contributed by atoms with Crippen LogP contribution in [0, 0.1) is 13.8 Å². The summed E-state index contributed by atoms with van der Waals surface area (Å²) in [6.07, 6.45) is 0. The fraction of sp³-hybridized carbons (Fsp3) is 0.316. The Hall–Kier alpha value is -2.20. The van der Waals surface area contributed by atoms with E-state index in [4.69, 9.17) is 21.1 Å². The van der Waals surface area contributed by atoms with E-state index in [0.717, 1.165) is 27.5 Å². The summed E-state index contributed by atoms with van der Waals surface area (Å²) in [6, 6.07) is 11.3. The number of hydrogen-bond donors (Lipinski definition) is 0. The van der Waals surface area contributed by atoms with Crippen LogP contribution in [0.1, 0.15) is 16.7 Å². The lowest BCUT2D eigenvalue weighted by Crippen LogP contribution is -2.31. The fourth-order valence-corrected chi connectivity index (χ4v) is 2.53. The van der Waals surface area contributed by atoms with Crippen molar-refractivity contribution >= 4 is 17.5 Å². The molecule has 0 saturated carbocycles. The van der Waals surface area contributed by atoms with E-state index in [2.05, 4.69) is 0 Å². The summed E-state index contributed by atoms with van der Waals surface area (Å²) in [5.41, 5.74) is 2.82. The molecular formula is C19H22ClNO3. The van der Waals surface area contributed by atoms with E-state index in [9.17, 15) is 4.79 Å². The second kappa shape index (κ2) is 8.06. The molecule has 0 bridgehead atoms. The van der Waals surface area contributed by atoms with Crippen LogP contribution in [0.5, 0.6) is 11.5 Å². The van der Waals surface area contributed by atoms with Crippen LogP contribution in [0.3, 0.4) is 0 Å². The number of methoxy groups -OCH3 is 1. The monoisotopic (exact) mass is 347 g/mol. The standard InChI is InChI=1S/C19H22ClNO3/c1-13-9-16(10-14(2)19(13)20)24-12-18(22)21(3)11-15-7-5-6-8-17(15)23-4/h5-10H,11-12H2,1-4H3. The highest BCUT2D eigenvalue weighted by molar-refractivity contribution is 6.32. The number of carbonyl (C=O) groups excluding carboxylic acids is 1. The molecule has 0 fully saturated rings. The highest BCUT2D eigenvalue weighted by Gasteiger charge is 2.13. The summed E-state index contributed by atoms with van der Waals surface area (Å²) >= 11 is 6.14. The largest absolute Gasteiger partial charge is 0.496 e. The minimum atomic E-state index is -0.105. The summed E-state index contributed by atoms with van der Waals surface area (Å²) in [4.78, 5) is 13.9. The van der Waals surface area contributed by atoms with Gasteiger partial charge in [0.1, 0.15) is 11.5 Å². The van der Waals surface area contributed by atoms with Crippen LogP contribution in [0.25, 0.3) is 0 Å². The van der Waals surface area contributed by atoms with E-state index in [1.807, 2.05) is 50.2 Å². The molecule has 0 spiro atoms. The quantitative estimate of drug-likeness (QED) is 0.792. The Labute approximate surface area is 147 Å². The number of rotatable bonds is 6. The zero-order chi connectivity index (χ0) is 17.7. The molecular weight excluding hydrogens is 326 g/mol. The third kappa shape index (κ3) is 4.42. The lowest BCUT2D eigenvalue weighted by Gasteiger charge is -2.19. The highest BCUT2D eigenvalue weighted by Crippen LogP contribution is 2.26. The molecule has 128 valence electrons. The van der Waals surface area contributed by atoms with Crippen LogP contribution in [0.2, 0.25) is 5.02 Å². The number of amides is 1. The molecule has 5 heteroatoms. The summed E-state index contributed by atoms with van der Waals surface area (Å²) in [5, 5.41) is 0.724. The van der Waals surface area contributed by atoms with Gasteiger partial charge in [-0.05, 0) is 43.2 Å². The van der Waals surface area contributed by atoms with Gasteiger partial charge in [0, 0.05) is 24.2 Å². The van der Waals surface area contributed by atoms with Crippen molar-refractivity contribution in [1.29, 1.82) is 0 Å². The van der Waals surface area contributed by atoms with Crippen molar-refractivity contribution < 1.29 is 14.3 Å². The first-order valence-corrected chi connectivity index (χ1v) is 8.05. The second-order valence-electron chi connectivity index (χ2n) is 5.72. The fourth-order valence-electron chi connectivity index (χ4n) is 2.42. The van der Waals surface area contributed by atoms with Crippen molar-refractivity contribution in [2.24, 2.45) is 0 Å². The number of nitrogens with zero attached hydrogens (tertiary/aromatic N) is 1. The van der Waals surface area contributed by atoms with Gasteiger partial charge in [-0.2, -0.15) is 0 Å². The van der Waals surface area contributed by atoms with Gasteiger partial charge < -0.3 is 14.4 Å². The van der Waals surface area contributed by atoms with Crippen molar-refractivity contribution in [2.45, 2.75) is 20.4 Å². The van der Waals surface area contributed by atoms with Crippen molar-refractivity contribution in [3.63, 3.8) is 0 Å². The third-order valence-electron chi connectivity index (χ3n) is 3.80. The molecule has 0 heterocycles. The molecule has 4 nitrogen and oxygen atoms in total. The number of likely N-dealkylation sites (N-methyl/N-ethyl adjacent to an activating group) is 1. The minimum absolute atomic E-state index is 0.0217. The second-order valence-corrected chi connectivity index (χ2v) is 6.10. The van der Waals surface area contributed by atoms with Gasteiger partial charge in [-0.15, -0.1) is 0 Å². The Kier molecular flexibility index (Phi) is 6.10. The Morgan fingerprint density at radius 2 is 1.79 bits per heavy atom. The molecule has 0 radical (unpaired) electrons. The summed E-state index contributed by atoms with van der Waals surface area (Å²) in [7, 11) is 3.37. The number of ether oxygens (including phenoxy) is 2. The van der Waals surface area contributed by atoms with Gasteiger partial charge >= 0.3 is 0 Å². The van der Waals surface area contributed by atoms with Gasteiger partial charge in [-0.25, -0.2) is 0 Å². The average Bonchev–Trinajstić information content (AvgIpc) is 2.57. The van der Waals surface area contributed by atoms with Crippen LogP contribution in [-0.4, -0.2) is 31.6 Å². The predicted molar refractivity (Wildman–Crippen MR) is 95.9 cm³/mol. The molecule has 24 heavy (non-hydrogen) atoms. The average molecular weight is 348 g/mol. The lowest BCUT2D eigenvalue weighted by atomic mass is 10.1. The van der Waals surface area contributed by atoms with Crippen LogP contribution in [0.15, 0.2) is 36.4 Å². The minimum Gasteiger partial charge on any atom is -0.496 e. The van der Waals surface area contributed by atoms with Gasteiger partial charge in [-0.3, -0.25) is 4.79 Å². The molecule has 0 saturated heterocycles. The predicted octanol–water partition coefficient (Wildman–Crippen LogP) is 4.00. The Bertz CT molecular complexity index is 707. The molecule has 2 rings (SSSR count). The molecule has 0 N–H and O–H groups in total. The molecule has 0 aliphatic heterocycles. The Morgan fingerprint density at radius 3 is 2.42 bits per heavy atom.